The van der Waals surface area contributed by atoms with Gasteiger partial charge in [0.15, 0.2) is 0 Å². The molecular weight excluding hydrogens is 169 g/mol. The average molecular weight is 174 g/mol. The Hall–Kier alpha value is -0.520. The molecule has 0 heterocycles. The van der Waals surface area contributed by atoms with Crippen LogP contribution in [0.5, 0.6) is 0 Å². The Morgan fingerprint density at radius 2 is 1.90 bits per heavy atom. The van der Waals surface area contributed by atoms with E-state index in [1.54, 1.807) is 0 Å². The highest BCUT2D eigenvalue weighted by Crippen LogP contribution is 2.01. The molecule has 0 aromatic carbocycles. The molecule has 0 atom stereocenters. The molecule has 0 bridgehead atoms. The van der Waals surface area contributed by atoms with Crippen molar-refractivity contribution in [2.24, 2.45) is 0 Å². The average Bonchev–Trinajstić information content (AvgIpc) is 1.59. The van der Waals surface area contributed by atoms with E-state index < -0.39 is 28.5 Å². The first-order chi connectivity index (χ1) is 4.42. The van der Waals surface area contributed by atoms with Crippen LogP contribution in [0.4, 0.5) is 12.7 Å². The van der Waals surface area contributed by atoms with Crippen molar-refractivity contribution in [2.45, 2.75) is 6.42 Å². The third kappa shape index (κ3) is 7.48. The van der Waals surface area contributed by atoms with Crippen molar-refractivity contribution in [3.63, 3.8) is 0 Å². The third-order valence-corrected chi connectivity index (χ3v) is 1.38. The second-order valence-corrected chi connectivity index (χ2v) is 3.01. The maximum Gasteiger partial charge on any atom is 0.302 e. The zero-order valence-electron chi connectivity index (χ0n) is 4.85. The van der Waals surface area contributed by atoms with Gasteiger partial charge in [0.25, 0.3) is 6.08 Å². The molecule has 2 nitrogen and oxygen atoms in total. The van der Waals surface area contributed by atoms with Gasteiger partial charge in [-0.3, -0.25) is 0 Å². The van der Waals surface area contributed by atoms with E-state index >= 15 is 0 Å². The van der Waals surface area contributed by atoms with Gasteiger partial charge in [0, 0.05) is 0 Å². The molecular formula is C4H5F3O2S. The second kappa shape index (κ2) is 3.60. The molecule has 0 aromatic heterocycles. The van der Waals surface area contributed by atoms with Gasteiger partial charge in [-0.15, -0.1) is 3.89 Å². The summed E-state index contributed by atoms with van der Waals surface area (Å²) in [7, 11) is -4.60. The fourth-order valence-corrected chi connectivity index (χ4v) is 0.708. The lowest BCUT2D eigenvalue weighted by atomic mass is 10.5. The van der Waals surface area contributed by atoms with Crippen LogP contribution in [0.3, 0.4) is 0 Å². The van der Waals surface area contributed by atoms with E-state index in [2.05, 4.69) is 0 Å². The monoisotopic (exact) mass is 174 g/mol. The highest BCUT2D eigenvalue weighted by Gasteiger charge is 2.04. The molecule has 0 aromatic rings. The molecule has 0 radical (unpaired) electrons. The summed E-state index contributed by atoms with van der Waals surface area (Å²) in [5.41, 5.74) is 0. The molecule has 6 heteroatoms. The molecule has 0 saturated carbocycles. The van der Waals surface area contributed by atoms with Crippen LogP contribution < -0.4 is 0 Å². The number of hydrogen-bond donors (Lipinski definition) is 0. The van der Waals surface area contributed by atoms with Gasteiger partial charge >= 0.3 is 10.2 Å². The molecule has 0 aliphatic rings. The van der Waals surface area contributed by atoms with Gasteiger partial charge < -0.3 is 0 Å². The molecule has 0 unspecified atom stereocenters. The number of allylic oxidation sites excluding steroid dienone is 1. The molecule has 0 spiro atoms. The van der Waals surface area contributed by atoms with Crippen molar-refractivity contribution in [3.05, 3.63) is 12.2 Å². The van der Waals surface area contributed by atoms with Crippen molar-refractivity contribution in [3.8, 4) is 0 Å². The Morgan fingerprint density at radius 3 is 2.20 bits per heavy atom. The normalized spacial score (nSPS) is 11.1. The largest absolute Gasteiger partial charge is 0.302 e. The molecule has 0 amide bonds. The lowest BCUT2D eigenvalue weighted by molar-refractivity contribution is 0.418. The smallest absolute Gasteiger partial charge is 0.195 e. The highest BCUT2D eigenvalue weighted by molar-refractivity contribution is 7.86. The molecule has 0 fully saturated rings. The van der Waals surface area contributed by atoms with Crippen LogP contribution in [0.25, 0.3) is 0 Å². The van der Waals surface area contributed by atoms with Gasteiger partial charge in [-0.05, 0) is 12.5 Å². The van der Waals surface area contributed by atoms with Crippen molar-refractivity contribution in [2.75, 3.05) is 5.75 Å². The summed E-state index contributed by atoms with van der Waals surface area (Å²) in [6.07, 6.45) is -2.12. The first kappa shape index (κ1) is 9.48. The minimum Gasteiger partial charge on any atom is -0.195 e. The fraction of sp³-hybridized carbons (Fsp3) is 0.500. The molecule has 0 rings (SSSR count). The van der Waals surface area contributed by atoms with Gasteiger partial charge in [0.05, 0.1) is 5.75 Å². The van der Waals surface area contributed by atoms with Crippen LogP contribution in [0, 0.1) is 0 Å². The molecule has 60 valence electrons. The van der Waals surface area contributed by atoms with Crippen molar-refractivity contribution in [1.29, 1.82) is 0 Å². The summed E-state index contributed by atoms with van der Waals surface area (Å²) in [5, 5.41) is 0. The van der Waals surface area contributed by atoms with Crippen LogP contribution in [0.1, 0.15) is 6.42 Å². The Balaban J connectivity index is 3.69. The summed E-state index contributed by atoms with van der Waals surface area (Å²) >= 11 is 0. The molecule has 0 aliphatic carbocycles. The van der Waals surface area contributed by atoms with Gasteiger partial charge in [-0.25, -0.2) is 0 Å². The quantitative estimate of drug-likeness (QED) is 0.607. The van der Waals surface area contributed by atoms with Gasteiger partial charge in [0.2, 0.25) is 0 Å². The highest BCUT2D eigenvalue weighted by atomic mass is 32.3. The standard InChI is InChI=1S/C4H5F3O2S/c5-4(6)2-1-3-10(7,8)9/h2H,1,3H2. The summed E-state index contributed by atoms with van der Waals surface area (Å²) in [6.45, 7) is 0. The van der Waals surface area contributed by atoms with E-state index in [0.717, 1.165) is 0 Å². The van der Waals surface area contributed by atoms with Crippen LogP contribution in [-0.4, -0.2) is 14.2 Å². The van der Waals surface area contributed by atoms with Crippen molar-refractivity contribution >= 4 is 10.2 Å². The summed E-state index contributed by atoms with van der Waals surface area (Å²) in [5.74, 6) is -0.885. The molecule has 0 saturated heterocycles. The van der Waals surface area contributed by atoms with Crippen LogP contribution in [0.2, 0.25) is 0 Å². The van der Waals surface area contributed by atoms with Crippen LogP contribution >= 0.6 is 0 Å². The number of hydrogen-bond acceptors (Lipinski definition) is 2. The van der Waals surface area contributed by atoms with E-state index in [0.29, 0.717) is 6.08 Å². The summed E-state index contributed by atoms with van der Waals surface area (Å²) in [4.78, 5) is 0. The lowest BCUT2D eigenvalue weighted by Crippen LogP contribution is -1.95. The van der Waals surface area contributed by atoms with E-state index in [1.807, 2.05) is 0 Å². The lowest BCUT2D eigenvalue weighted by Gasteiger charge is -1.86. The Labute approximate surface area is 56.6 Å². The summed E-state index contributed by atoms with van der Waals surface area (Å²) < 4.78 is 53.2. The number of rotatable bonds is 3. The van der Waals surface area contributed by atoms with Crippen molar-refractivity contribution < 1.29 is 21.1 Å². The van der Waals surface area contributed by atoms with Gasteiger partial charge in [-0.1, -0.05) is 0 Å². The van der Waals surface area contributed by atoms with Gasteiger partial charge in [0.1, 0.15) is 0 Å². The molecule has 10 heavy (non-hydrogen) atoms. The minimum atomic E-state index is -4.60. The van der Waals surface area contributed by atoms with Crippen molar-refractivity contribution in [1.82, 2.24) is 0 Å². The first-order valence-corrected chi connectivity index (χ1v) is 3.90. The minimum absolute atomic E-state index is 0.358. The Bertz CT molecular complexity index is 215. The van der Waals surface area contributed by atoms with Gasteiger partial charge in [-0.2, -0.15) is 17.2 Å². The maximum atomic E-state index is 11.5. The predicted octanol–water partition coefficient (Wildman–Crippen LogP) is 1.46. The topological polar surface area (TPSA) is 34.1 Å². The SMILES string of the molecule is O=S(=O)(F)CCC=C(F)F. The van der Waals surface area contributed by atoms with E-state index in [9.17, 15) is 21.1 Å². The van der Waals surface area contributed by atoms with Crippen LogP contribution in [-0.2, 0) is 10.2 Å². The molecule has 0 aliphatic heterocycles. The summed E-state index contributed by atoms with van der Waals surface area (Å²) in [6, 6.07) is 0. The zero-order chi connectivity index (χ0) is 8.20. The Kier molecular flexibility index (Phi) is 3.41. The third-order valence-electron chi connectivity index (χ3n) is 0.660. The fourth-order valence-electron chi connectivity index (χ4n) is 0.309. The van der Waals surface area contributed by atoms with E-state index in [4.69, 9.17) is 0 Å². The van der Waals surface area contributed by atoms with E-state index in [-0.39, 0.29) is 0 Å². The molecule has 0 N–H and O–H groups in total. The maximum absolute atomic E-state index is 11.5. The number of halogens is 3. The Morgan fingerprint density at radius 1 is 1.40 bits per heavy atom. The predicted molar refractivity (Wildman–Crippen MR) is 29.8 cm³/mol. The first-order valence-electron chi connectivity index (χ1n) is 2.35. The van der Waals surface area contributed by atoms with E-state index in [1.165, 1.54) is 0 Å². The van der Waals surface area contributed by atoms with Crippen LogP contribution in [0.15, 0.2) is 12.2 Å². The zero-order valence-corrected chi connectivity index (χ0v) is 5.67. The second-order valence-electron chi connectivity index (χ2n) is 1.53.